The molecule has 0 N–H and O–H groups in total. The summed E-state index contributed by atoms with van der Waals surface area (Å²) in [5, 5.41) is 1.53. The summed E-state index contributed by atoms with van der Waals surface area (Å²) in [6.07, 6.45) is 37.2. The van der Waals surface area contributed by atoms with Gasteiger partial charge in [0.05, 0.1) is 0 Å². The predicted octanol–water partition coefficient (Wildman–Crippen LogP) is 9.37. The van der Waals surface area contributed by atoms with Crippen molar-refractivity contribution < 1.29 is 49.0 Å². The number of allylic oxidation sites excluding steroid dienone is 16. The Hall–Kier alpha value is -1.73. The van der Waals surface area contributed by atoms with Crippen LogP contribution < -0.4 is 24.8 Å². The molecule has 0 heterocycles. The first-order valence-electron chi connectivity index (χ1n) is 20.9. The Bertz CT molecular complexity index is 2130. The maximum absolute atomic E-state index is 5.98. The first-order valence-corrected chi connectivity index (χ1v) is 22.8. The van der Waals surface area contributed by atoms with Crippen LogP contribution in [0.4, 0.5) is 0 Å². The minimum atomic E-state index is 0. The average molecular weight is 946 g/mol. The molecule has 0 spiro atoms. The van der Waals surface area contributed by atoms with Gasteiger partial charge in [-0.25, -0.2) is 6.08 Å². The third kappa shape index (κ3) is 7.44. The Morgan fingerprint density at radius 3 is 1.64 bits per heavy atom. The molecule has 9 atom stereocenters. The van der Waals surface area contributed by atoms with Crippen LogP contribution in [0.5, 0.6) is 0 Å². The minimum absolute atomic E-state index is 0. The van der Waals surface area contributed by atoms with Crippen LogP contribution in [0, 0.1) is 73.6 Å². The van der Waals surface area contributed by atoms with Gasteiger partial charge in [-0.1, -0.05) is 167 Å². The van der Waals surface area contributed by atoms with Crippen LogP contribution in [-0.2, 0) is 24.2 Å². The molecule has 0 radical (unpaired) electrons. The van der Waals surface area contributed by atoms with Gasteiger partial charge in [-0.3, -0.25) is 6.08 Å². The van der Waals surface area contributed by atoms with E-state index in [1.165, 1.54) is 38.6 Å². The van der Waals surface area contributed by atoms with Crippen LogP contribution in [0.1, 0.15) is 101 Å². The summed E-state index contributed by atoms with van der Waals surface area (Å²) >= 11 is 13.3. The molecule has 0 saturated heterocycles. The molecule has 314 valence electrons. The fourth-order valence-corrected chi connectivity index (χ4v) is 13.2. The second kappa shape index (κ2) is 17.4. The molecule has 2 saturated carbocycles. The Labute approximate surface area is 395 Å². The zero-order chi connectivity index (χ0) is 42.0. The molecule has 0 aromatic heterocycles. The van der Waals surface area contributed by atoms with Crippen LogP contribution in [0.25, 0.3) is 0 Å². The molecule has 8 rings (SSSR count). The third-order valence-electron chi connectivity index (χ3n) is 16.6. The van der Waals surface area contributed by atoms with Gasteiger partial charge in [-0.15, -0.1) is 17.4 Å². The number of hydrogen-bond acceptors (Lipinski definition) is 0. The van der Waals surface area contributed by atoms with Gasteiger partial charge in [0, 0.05) is 10.8 Å². The van der Waals surface area contributed by atoms with Crippen LogP contribution >= 0.6 is 23.2 Å². The number of rotatable bonds is 3. The maximum Gasteiger partial charge on any atom is -1.00 e. The van der Waals surface area contributed by atoms with Gasteiger partial charge in [0.15, 0.2) is 0 Å². The summed E-state index contributed by atoms with van der Waals surface area (Å²) < 4.78 is 1.26. The summed E-state index contributed by atoms with van der Waals surface area (Å²) in [7, 11) is 0. The molecular formula is C54H64Cl4Zr-2. The van der Waals surface area contributed by atoms with Crippen molar-refractivity contribution in [1.29, 1.82) is 0 Å². The second-order valence-corrected chi connectivity index (χ2v) is 22.2. The van der Waals surface area contributed by atoms with E-state index in [9.17, 15) is 0 Å². The van der Waals surface area contributed by atoms with E-state index in [4.69, 9.17) is 23.2 Å². The van der Waals surface area contributed by atoms with Gasteiger partial charge in [-0.05, 0) is 28.6 Å². The molecule has 0 bridgehead atoms. The number of fused-ring (bicyclic) bond motifs is 8. The van der Waals surface area contributed by atoms with Crippen LogP contribution in [-0.4, -0.2) is 3.21 Å². The van der Waals surface area contributed by atoms with E-state index >= 15 is 0 Å². The topological polar surface area (TPSA) is 0 Å². The van der Waals surface area contributed by atoms with Gasteiger partial charge in [-0.2, -0.15) is 11.6 Å². The Balaban J connectivity index is 0.000000217. The second-order valence-electron chi connectivity index (χ2n) is 20.1. The van der Waals surface area contributed by atoms with Crippen molar-refractivity contribution in [2.24, 2.45) is 61.1 Å². The smallest absolute Gasteiger partial charge is 1.00 e. The number of halogens is 4. The summed E-state index contributed by atoms with van der Waals surface area (Å²) in [6.45, 7) is 31.5. The maximum atomic E-state index is 5.98. The van der Waals surface area contributed by atoms with Crippen molar-refractivity contribution in [2.75, 3.05) is 0 Å². The van der Waals surface area contributed by atoms with Crippen molar-refractivity contribution in [1.82, 2.24) is 0 Å². The largest absolute Gasteiger partial charge is 1.00 e. The standard InChI is InChI=1S/C29H37.C13H8Cl2.C12H19.2ClH.Zr/c1-21-14-13-15-22-20-27(6)25(4)18-10-9-16-23(25,2)24(3)17-11-12-19-26(24,5)29(27,8)28(21,22)7;14-12-5-1-3-10(8-12)7-11-4-2-6-13(15)9-11;1-9(2)10-6-7-11(8-10)12(3,4)5;;;/h9-20,22H,1-8H3;1-6,8-9H;7-10H,1-5H3;2*1H;/q-1;;-1;;;+2/p-2. The minimum Gasteiger partial charge on any atom is -1.00 e. The average Bonchev–Trinajstić information content (AvgIpc) is 3.74. The molecule has 2 aromatic rings. The van der Waals surface area contributed by atoms with Gasteiger partial charge >= 0.3 is 120 Å². The van der Waals surface area contributed by atoms with E-state index in [-0.39, 0.29) is 68.1 Å². The Morgan fingerprint density at radius 1 is 0.729 bits per heavy atom. The van der Waals surface area contributed by atoms with E-state index in [0.717, 1.165) is 21.2 Å². The fraction of sp³-hybridized carbons (Fsp3) is 0.444. The zero-order valence-electron chi connectivity index (χ0n) is 37.4. The van der Waals surface area contributed by atoms with Gasteiger partial charge < -0.3 is 31.2 Å². The first-order chi connectivity index (χ1) is 26.5. The van der Waals surface area contributed by atoms with Crippen molar-refractivity contribution in [3.05, 3.63) is 172 Å². The quantitative estimate of drug-likeness (QED) is 0.270. The molecule has 0 aliphatic heterocycles. The fourth-order valence-electron chi connectivity index (χ4n) is 12.0. The Morgan fingerprint density at radius 2 is 1.20 bits per heavy atom. The van der Waals surface area contributed by atoms with Crippen molar-refractivity contribution in [2.45, 2.75) is 90.0 Å². The van der Waals surface area contributed by atoms with Crippen LogP contribution in [0.3, 0.4) is 0 Å². The number of benzene rings is 2. The molecule has 0 amide bonds. The summed E-state index contributed by atoms with van der Waals surface area (Å²) in [6, 6.07) is 15.8. The summed E-state index contributed by atoms with van der Waals surface area (Å²) in [4.78, 5) is 0. The van der Waals surface area contributed by atoms with Crippen molar-refractivity contribution >= 4 is 26.4 Å². The van der Waals surface area contributed by atoms with Gasteiger partial charge in [0.1, 0.15) is 0 Å². The van der Waals surface area contributed by atoms with E-state index in [1.54, 1.807) is 0 Å². The predicted molar refractivity (Wildman–Crippen MR) is 244 cm³/mol. The molecule has 9 unspecified atom stereocenters. The molecular weight excluding hydrogens is 882 g/mol. The molecule has 5 heteroatoms. The normalized spacial score (nSPS) is 36.6. The van der Waals surface area contributed by atoms with E-state index < -0.39 is 0 Å². The van der Waals surface area contributed by atoms with E-state index in [2.05, 4.69) is 194 Å². The molecule has 0 nitrogen and oxygen atoms in total. The van der Waals surface area contributed by atoms with Crippen LogP contribution in [0.15, 0.2) is 139 Å². The van der Waals surface area contributed by atoms with E-state index in [1.807, 2.05) is 36.4 Å². The zero-order valence-corrected chi connectivity index (χ0v) is 42.9. The monoisotopic (exact) mass is 942 g/mol. The van der Waals surface area contributed by atoms with E-state index in [0.29, 0.717) is 17.8 Å². The molecule has 6 aliphatic carbocycles. The van der Waals surface area contributed by atoms with Crippen molar-refractivity contribution in [3.8, 4) is 0 Å². The SMILES string of the molecule is CC(C)C1[C-]=CC(C(C)(C)C)=C1.CC1=CC=CC2[CH-]C3(C)C4(C)C=CC=CC4(C)C4(C)C=CC=CC4(C)C3(C)C12C.Clc1cccc([C](=[Zr+2])c2cccc(Cl)c2)c1.[Cl-].[Cl-]. The third-order valence-corrected chi connectivity index (χ3v) is 18.5. The summed E-state index contributed by atoms with van der Waals surface area (Å²) in [5.41, 5.74) is 5.77. The van der Waals surface area contributed by atoms with Gasteiger partial charge in [0.2, 0.25) is 0 Å². The van der Waals surface area contributed by atoms with Gasteiger partial charge in [0.25, 0.3) is 0 Å². The summed E-state index contributed by atoms with van der Waals surface area (Å²) in [5.74, 6) is 1.68. The molecule has 6 aliphatic rings. The molecule has 2 aromatic carbocycles. The first kappa shape index (κ1) is 49.9. The van der Waals surface area contributed by atoms with Crippen LogP contribution in [0.2, 0.25) is 10.0 Å². The Kier molecular flexibility index (Phi) is 14.8. The molecule has 2 fully saturated rings. The number of hydrogen-bond donors (Lipinski definition) is 0. The molecule has 59 heavy (non-hydrogen) atoms. The van der Waals surface area contributed by atoms with Crippen molar-refractivity contribution in [3.63, 3.8) is 0 Å².